The number of carbonyl (C=O) groups is 2. The number of furan rings is 1. The highest BCUT2D eigenvalue weighted by Gasteiger charge is 2.25. The van der Waals surface area contributed by atoms with Gasteiger partial charge in [0.15, 0.2) is 0 Å². The van der Waals surface area contributed by atoms with Crippen LogP contribution in [0.4, 0.5) is 0 Å². The van der Waals surface area contributed by atoms with E-state index in [0.29, 0.717) is 32.6 Å². The lowest BCUT2D eigenvalue weighted by Crippen LogP contribution is -2.51. The molecule has 2 aromatic rings. The lowest BCUT2D eigenvalue weighted by molar-refractivity contribution is -0.141. The van der Waals surface area contributed by atoms with Crippen LogP contribution in [0.3, 0.4) is 0 Å². The molecule has 1 aliphatic heterocycles. The van der Waals surface area contributed by atoms with Gasteiger partial charge in [0.25, 0.3) is 0 Å². The summed E-state index contributed by atoms with van der Waals surface area (Å²) in [5, 5.41) is 1.00. The van der Waals surface area contributed by atoms with Crippen molar-refractivity contribution in [2.75, 3.05) is 26.2 Å². The van der Waals surface area contributed by atoms with Crippen molar-refractivity contribution < 1.29 is 14.0 Å². The van der Waals surface area contributed by atoms with E-state index in [4.69, 9.17) is 4.42 Å². The molecule has 2 amide bonds. The van der Waals surface area contributed by atoms with Crippen molar-refractivity contribution in [3.05, 3.63) is 35.6 Å². The Labute approximate surface area is 142 Å². The highest BCUT2D eigenvalue weighted by molar-refractivity contribution is 5.88. The summed E-state index contributed by atoms with van der Waals surface area (Å²) < 4.78 is 5.57. The van der Waals surface area contributed by atoms with Gasteiger partial charge in [0.05, 0.1) is 12.7 Å². The average molecular weight is 328 g/mol. The fourth-order valence-electron chi connectivity index (χ4n) is 3.14. The van der Waals surface area contributed by atoms with Gasteiger partial charge in [0.1, 0.15) is 5.58 Å². The van der Waals surface area contributed by atoms with Crippen LogP contribution in [0.25, 0.3) is 11.0 Å². The van der Waals surface area contributed by atoms with Gasteiger partial charge in [-0.2, -0.15) is 0 Å². The number of carbonyl (C=O) groups excluding carboxylic acids is 2. The summed E-state index contributed by atoms with van der Waals surface area (Å²) in [6, 6.07) is 6.03. The van der Waals surface area contributed by atoms with Crippen LogP contribution in [-0.2, 0) is 16.0 Å². The van der Waals surface area contributed by atoms with E-state index in [-0.39, 0.29) is 17.7 Å². The largest absolute Gasteiger partial charge is 0.464 e. The second kappa shape index (κ2) is 6.67. The van der Waals surface area contributed by atoms with E-state index in [1.54, 1.807) is 6.26 Å². The normalized spacial score (nSPS) is 15.3. The van der Waals surface area contributed by atoms with E-state index in [1.807, 2.05) is 48.8 Å². The summed E-state index contributed by atoms with van der Waals surface area (Å²) in [5.74, 6) is 0.265. The van der Waals surface area contributed by atoms with Gasteiger partial charge in [-0.15, -0.1) is 0 Å². The van der Waals surface area contributed by atoms with Gasteiger partial charge < -0.3 is 14.2 Å². The molecule has 5 heteroatoms. The third-order valence-corrected chi connectivity index (χ3v) is 4.59. The summed E-state index contributed by atoms with van der Waals surface area (Å²) in [7, 11) is 0. The maximum atomic E-state index is 12.6. The van der Waals surface area contributed by atoms with Crippen LogP contribution in [0.15, 0.2) is 28.9 Å². The molecular formula is C19H24N2O3. The first-order chi connectivity index (χ1) is 11.5. The van der Waals surface area contributed by atoms with Crippen molar-refractivity contribution >= 4 is 22.8 Å². The zero-order valence-corrected chi connectivity index (χ0v) is 14.5. The molecule has 24 heavy (non-hydrogen) atoms. The highest BCUT2D eigenvalue weighted by atomic mass is 16.3. The van der Waals surface area contributed by atoms with E-state index < -0.39 is 0 Å². The minimum absolute atomic E-state index is 0.00741. The fraction of sp³-hybridized carbons (Fsp3) is 0.474. The molecule has 0 N–H and O–H groups in total. The first-order valence-corrected chi connectivity index (χ1v) is 8.49. The van der Waals surface area contributed by atoms with Crippen LogP contribution in [-0.4, -0.2) is 47.8 Å². The Balaban J connectivity index is 1.62. The average Bonchev–Trinajstić information content (AvgIpc) is 2.96. The number of fused-ring (bicyclic) bond motifs is 1. The van der Waals surface area contributed by atoms with Crippen molar-refractivity contribution in [2.24, 2.45) is 5.92 Å². The van der Waals surface area contributed by atoms with Crippen LogP contribution < -0.4 is 0 Å². The molecule has 1 fully saturated rings. The number of hydrogen-bond acceptors (Lipinski definition) is 3. The Kier molecular flexibility index (Phi) is 4.60. The van der Waals surface area contributed by atoms with Gasteiger partial charge in [0, 0.05) is 43.0 Å². The van der Waals surface area contributed by atoms with E-state index in [0.717, 1.165) is 22.1 Å². The Morgan fingerprint density at radius 2 is 1.79 bits per heavy atom. The van der Waals surface area contributed by atoms with Gasteiger partial charge in [-0.25, -0.2) is 0 Å². The van der Waals surface area contributed by atoms with Crippen molar-refractivity contribution in [1.82, 2.24) is 9.80 Å². The predicted octanol–water partition coefficient (Wildman–Crippen LogP) is 2.61. The summed E-state index contributed by atoms with van der Waals surface area (Å²) >= 11 is 0. The molecule has 0 saturated carbocycles. The molecule has 0 bridgehead atoms. The highest BCUT2D eigenvalue weighted by Crippen LogP contribution is 2.23. The molecule has 2 heterocycles. The van der Waals surface area contributed by atoms with Crippen LogP contribution in [0.2, 0.25) is 0 Å². The van der Waals surface area contributed by atoms with Gasteiger partial charge in [0.2, 0.25) is 11.8 Å². The summed E-state index contributed by atoms with van der Waals surface area (Å²) in [6.45, 7) is 8.28. The Hall–Kier alpha value is -2.30. The van der Waals surface area contributed by atoms with Crippen LogP contribution >= 0.6 is 0 Å². The van der Waals surface area contributed by atoms with Crippen molar-refractivity contribution in [3.63, 3.8) is 0 Å². The quantitative estimate of drug-likeness (QED) is 0.870. The maximum absolute atomic E-state index is 12.6. The van der Waals surface area contributed by atoms with Gasteiger partial charge >= 0.3 is 0 Å². The predicted molar refractivity (Wildman–Crippen MR) is 92.7 cm³/mol. The third kappa shape index (κ3) is 3.30. The van der Waals surface area contributed by atoms with Gasteiger partial charge in [-0.05, 0) is 18.6 Å². The van der Waals surface area contributed by atoms with Crippen LogP contribution in [0.1, 0.15) is 25.0 Å². The lowest BCUT2D eigenvalue weighted by atomic mass is 10.1. The van der Waals surface area contributed by atoms with E-state index in [9.17, 15) is 9.59 Å². The van der Waals surface area contributed by atoms with E-state index >= 15 is 0 Å². The standard InChI is InChI=1S/C19H24N2O3/c1-13(2)19(23)21-8-6-20(7-9-21)18(22)11-15-12-24-17-10-14(3)4-5-16(15)17/h4-5,10,12-13H,6-9,11H2,1-3H3. The molecule has 128 valence electrons. The zero-order chi connectivity index (χ0) is 17.3. The smallest absolute Gasteiger partial charge is 0.227 e. The Bertz CT molecular complexity index is 755. The number of amides is 2. The fourth-order valence-corrected chi connectivity index (χ4v) is 3.14. The minimum atomic E-state index is 0.00741. The van der Waals surface area contributed by atoms with Crippen LogP contribution in [0.5, 0.6) is 0 Å². The number of benzene rings is 1. The molecule has 0 atom stereocenters. The van der Waals surface area contributed by atoms with E-state index in [1.165, 1.54) is 0 Å². The second-order valence-electron chi connectivity index (χ2n) is 6.80. The number of nitrogens with zero attached hydrogens (tertiary/aromatic N) is 2. The van der Waals surface area contributed by atoms with Gasteiger partial charge in [-0.1, -0.05) is 26.0 Å². The molecule has 1 saturated heterocycles. The summed E-state index contributed by atoms with van der Waals surface area (Å²) in [5.41, 5.74) is 2.89. The number of rotatable bonds is 3. The molecule has 3 rings (SSSR count). The molecule has 0 radical (unpaired) electrons. The van der Waals surface area contributed by atoms with Crippen molar-refractivity contribution in [3.8, 4) is 0 Å². The number of aryl methyl sites for hydroxylation is 1. The minimum Gasteiger partial charge on any atom is -0.464 e. The number of piperazine rings is 1. The third-order valence-electron chi connectivity index (χ3n) is 4.59. The Morgan fingerprint density at radius 3 is 2.46 bits per heavy atom. The number of hydrogen-bond donors (Lipinski definition) is 0. The van der Waals surface area contributed by atoms with Gasteiger partial charge in [-0.3, -0.25) is 9.59 Å². The molecule has 1 aromatic heterocycles. The summed E-state index contributed by atoms with van der Waals surface area (Å²) in [6.07, 6.45) is 2.02. The van der Waals surface area contributed by atoms with E-state index in [2.05, 4.69) is 0 Å². The topological polar surface area (TPSA) is 53.8 Å². The van der Waals surface area contributed by atoms with Crippen LogP contribution in [0, 0.1) is 12.8 Å². The zero-order valence-electron chi connectivity index (χ0n) is 14.5. The molecule has 1 aromatic carbocycles. The molecular weight excluding hydrogens is 304 g/mol. The lowest BCUT2D eigenvalue weighted by Gasteiger charge is -2.35. The SMILES string of the molecule is Cc1ccc2c(CC(=O)N3CCN(C(=O)C(C)C)CC3)coc2c1. The first-order valence-electron chi connectivity index (χ1n) is 8.49. The summed E-state index contributed by atoms with van der Waals surface area (Å²) in [4.78, 5) is 28.3. The molecule has 1 aliphatic rings. The first kappa shape index (κ1) is 16.6. The molecule has 0 unspecified atom stereocenters. The van der Waals surface area contributed by atoms with Crippen molar-refractivity contribution in [1.29, 1.82) is 0 Å². The Morgan fingerprint density at radius 1 is 1.12 bits per heavy atom. The maximum Gasteiger partial charge on any atom is 0.227 e. The second-order valence-corrected chi connectivity index (χ2v) is 6.80. The van der Waals surface area contributed by atoms with Crippen molar-refractivity contribution in [2.45, 2.75) is 27.2 Å². The molecule has 0 spiro atoms. The monoisotopic (exact) mass is 328 g/mol. The molecule has 0 aliphatic carbocycles. The molecule has 5 nitrogen and oxygen atoms in total.